The largest absolute Gasteiger partial charge is 0.129 e. The highest BCUT2D eigenvalue weighted by Gasteiger charge is 2.69. The van der Waals surface area contributed by atoms with Crippen molar-refractivity contribution in [1.82, 2.24) is 0 Å². The monoisotopic (exact) mass is 348 g/mol. The zero-order valence-corrected chi connectivity index (χ0v) is 18.2. The molecule has 0 saturated carbocycles. The Balaban J connectivity index is 2.40. The number of hydrogen-bond acceptors (Lipinski definition) is 0. The first-order valence-electron chi connectivity index (χ1n) is 9.37. The molecule has 0 nitrogen and oxygen atoms in total. The predicted octanol–water partition coefficient (Wildman–Crippen LogP) is 5.45. The molecule has 1 heterocycles. The van der Waals surface area contributed by atoms with Gasteiger partial charge >= 0.3 is 0 Å². The average molecular weight is 349 g/mol. The zero-order chi connectivity index (χ0) is 18.7. The van der Waals surface area contributed by atoms with Crippen molar-refractivity contribution < 1.29 is 0 Å². The lowest BCUT2D eigenvalue weighted by molar-refractivity contribution is 0.900. The van der Waals surface area contributed by atoms with Gasteiger partial charge in [-0.2, -0.15) is 0 Å². The Hall–Kier alpha value is -1.60. The Morgan fingerprint density at radius 1 is 0.800 bits per heavy atom. The lowest BCUT2D eigenvalue weighted by Gasteiger charge is -2.30. The molecule has 0 radical (unpaired) electrons. The highest BCUT2D eigenvalue weighted by atomic mass is 28.3. The summed E-state index contributed by atoms with van der Waals surface area (Å²) in [6.07, 6.45) is 0. The van der Waals surface area contributed by atoms with Crippen molar-refractivity contribution >= 4 is 18.4 Å². The van der Waals surface area contributed by atoms with Gasteiger partial charge in [-0.05, 0) is 69.9 Å². The van der Waals surface area contributed by atoms with E-state index in [-0.39, 0.29) is 5.04 Å². The molecule has 2 aromatic rings. The van der Waals surface area contributed by atoms with Crippen molar-refractivity contribution in [2.24, 2.45) is 0 Å². The van der Waals surface area contributed by atoms with E-state index in [0.29, 0.717) is 0 Å². The van der Waals surface area contributed by atoms with Gasteiger partial charge < -0.3 is 0 Å². The maximum Gasteiger partial charge on any atom is 0.129 e. The maximum atomic E-state index is 4.42. The molecular formula is C24H32Si. The third-order valence-electron chi connectivity index (χ3n) is 6.59. The van der Waals surface area contributed by atoms with Crippen molar-refractivity contribution in [2.45, 2.75) is 66.5 Å². The third kappa shape index (κ3) is 2.47. The van der Waals surface area contributed by atoms with E-state index in [0.717, 1.165) is 0 Å². The summed E-state index contributed by atoms with van der Waals surface area (Å²) in [5.74, 6) is 0. The van der Waals surface area contributed by atoms with E-state index < -0.39 is 8.07 Å². The number of allylic oxidation sites excluding steroid dienone is 1. The molecular weight excluding hydrogens is 316 g/mol. The van der Waals surface area contributed by atoms with Crippen LogP contribution in [-0.4, -0.2) is 8.07 Å². The second kappa shape index (κ2) is 5.70. The minimum atomic E-state index is -1.85. The molecule has 0 amide bonds. The minimum absolute atomic E-state index is 0.266. The van der Waals surface area contributed by atoms with E-state index in [4.69, 9.17) is 0 Å². The highest BCUT2D eigenvalue weighted by molar-refractivity contribution is 7.14. The number of benzene rings is 2. The van der Waals surface area contributed by atoms with Crippen LogP contribution in [0.15, 0.2) is 36.4 Å². The van der Waals surface area contributed by atoms with Crippen LogP contribution in [0.25, 0.3) is 0 Å². The van der Waals surface area contributed by atoms with Crippen LogP contribution >= 0.6 is 0 Å². The van der Waals surface area contributed by atoms with E-state index in [9.17, 15) is 0 Å². The first-order chi connectivity index (χ1) is 11.5. The fourth-order valence-corrected chi connectivity index (χ4v) is 12.8. The molecule has 25 heavy (non-hydrogen) atoms. The summed E-state index contributed by atoms with van der Waals surface area (Å²) in [6, 6.07) is 10.8. The summed E-state index contributed by atoms with van der Waals surface area (Å²) in [5.41, 5.74) is 10.0. The van der Waals surface area contributed by atoms with Crippen LogP contribution in [0.3, 0.4) is 0 Å². The highest BCUT2D eigenvalue weighted by Crippen LogP contribution is 2.66. The molecule has 1 aliphatic rings. The van der Waals surface area contributed by atoms with Crippen LogP contribution in [-0.2, 0) is 0 Å². The Morgan fingerprint density at radius 3 is 1.36 bits per heavy atom. The van der Waals surface area contributed by atoms with Gasteiger partial charge in [0.15, 0.2) is 0 Å². The molecule has 1 saturated heterocycles. The summed E-state index contributed by atoms with van der Waals surface area (Å²) in [7, 11) is -1.85. The molecule has 132 valence electrons. The predicted molar refractivity (Wildman–Crippen MR) is 114 cm³/mol. The van der Waals surface area contributed by atoms with Crippen LogP contribution < -0.4 is 10.4 Å². The molecule has 1 unspecified atom stereocenters. The minimum Gasteiger partial charge on any atom is -0.0999 e. The number of hydrogen-bond donors (Lipinski definition) is 0. The molecule has 1 aliphatic heterocycles. The first kappa shape index (κ1) is 18.2. The summed E-state index contributed by atoms with van der Waals surface area (Å²) >= 11 is 0. The van der Waals surface area contributed by atoms with E-state index >= 15 is 0 Å². The molecule has 0 aromatic heterocycles. The second-order valence-electron chi connectivity index (χ2n) is 8.74. The van der Waals surface area contributed by atoms with E-state index in [2.05, 4.69) is 86.2 Å². The summed E-state index contributed by atoms with van der Waals surface area (Å²) in [5, 5.41) is 3.60. The average Bonchev–Trinajstić information content (AvgIpc) is 3.04. The Kier molecular flexibility index (Phi) is 4.15. The van der Waals surface area contributed by atoms with Crippen LogP contribution in [0.2, 0.25) is 11.1 Å². The number of rotatable bonds is 3. The van der Waals surface area contributed by atoms with Gasteiger partial charge in [-0.25, -0.2) is 0 Å². The zero-order valence-electron chi connectivity index (χ0n) is 17.2. The van der Waals surface area contributed by atoms with Gasteiger partial charge in [-0.3, -0.25) is 0 Å². The van der Waals surface area contributed by atoms with Gasteiger partial charge in [0.25, 0.3) is 0 Å². The van der Waals surface area contributed by atoms with E-state index in [1.54, 1.807) is 10.4 Å². The summed E-state index contributed by atoms with van der Waals surface area (Å²) in [4.78, 5) is 0. The third-order valence-corrected chi connectivity index (χ3v) is 13.2. The van der Waals surface area contributed by atoms with Crippen molar-refractivity contribution in [3.63, 3.8) is 0 Å². The van der Waals surface area contributed by atoms with Crippen LogP contribution in [0.5, 0.6) is 0 Å². The fourth-order valence-electron chi connectivity index (χ4n) is 5.56. The van der Waals surface area contributed by atoms with Crippen LogP contribution in [0.1, 0.15) is 47.2 Å². The standard InChI is InChI=1S/C24H32Si/c1-15(2)24(9)14-25(24,22-18(5)10-16(3)11-19(22)6)23-20(7)12-17(4)13-21(23)8/h10-13H,1,14H2,2-9H3. The summed E-state index contributed by atoms with van der Waals surface area (Å²) < 4.78 is 0. The van der Waals surface area contributed by atoms with E-state index in [1.807, 2.05) is 0 Å². The van der Waals surface area contributed by atoms with Crippen molar-refractivity contribution in [1.29, 1.82) is 0 Å². The molecule has 2 aromatic carbocycles. The van der Waals surface area contributed by atoms with Gasteiger partial charge in [0.2, 0.25) is 0 Å². The van der Waals surface area contributed by atoms with E-state index in [1.165, 1.54) is 45.0 Å². The van der Waals surface area contributed by atoms with Crippen LogP contribution in [0.4, 0.5) is 0 Å². The Morgan fingerprint density at radius 2 is 1.12 bits per heavy atom. The Labute approximate surface area is 155 Å². The van der Waals surface area contributed by atoms with Gasteiger partial charge in [-0.1, -0.05) is 76.7 Å². The molecule has 0 spiro atoms. The fraction of sp³-hybridized carbons (Fsp3) is 0.417. The lowest BCUT2D eigenvalue weighted by Crippen LogP contribution is -2.53. The summed E-state index contributed by atoms with van der Waals surface area (Å²) in [6.45, 7) is 22.8. The molecule has 1 heteroatoms. The molecule has 1 atom stereocenters. The lowest BCUT2D eigenvalue weighted by atomic mass is 10.1. The maximum absolute atomic E-state index is 4.42. The smallest absolute Gasteiger partial charge is 0.0999 e. The van der Waals surface area contributed by atoms with Crippen molar-refractivity contribution in [3.05, 3.63) is 69.8 Å². The topological polar surface area (TPSA) is 0 Å². The molecule has 0 aliphatic carbocycles. The number of aryl methyl sites for hydroxylation is 6. The van der Waals surface area contributed by atoms with Gasteiger partial charge in [0.1, 0.15) is 8.07 Å². The van der Waals surface area contributed by atoms with Crippen LogP contribution in [0, 0.1) is 41.5 Å². The molecule has 0 N–H and O–H groups in total. The molecule has 0 bridgehead atoms. The van der Waals surface area contributed by atoms with Gasteiger partial charge in [0.05, 0.1) is 0 Å². The van der Waals surface area contributed by atoms with Gasteiger partial charge in [-0.15, -0.1) is 0 Å². The quantitative estimate of drug-likeness (QED) is 0.511. The molecule has 1 fully saturated rings. The van der Waals surface area contributed by atoms with Crippen molar-refractivity contribution in [2.75, 3.05) is 0 Å². The molecule has 3 rings (SSSR count). The van der Waals surface area contributed by atoms with Gasteiger partial charge in [0, 0.05) is 0 Å². The van der Waals surface area contributed by atoms with Crippen molar-refractivity contribution in [3.8, 4) is 0 Å². The second-order valence-corrected chi connectivity index (χ2v) is 13.0. The SMILES string of the molecule is C=C(C)C1(C)C[Si]1(c1c(C)cc(C)cc1C)c1c(C)cc(C)cc1C. The Bertz CT molecular complexity index is 783. The first-order valence-corrected chi connectivity index (χ1v) is 11.6. The normalized spacial score (nSPS) is 21.3.